The highest BCUT2D eigenvalue weighted by molar-refractivity contribution is 8.02. The highest BCUT2D eigenvalue weighted by Crippen LogP contribution is 2.43. The molecule has 3 heterocycles. The lowest BCUT2D eigenvalue weighted by molar-refractivity contribution is -0.148. The Morgan fingerprint density at radius 1 is 1.41 bits per heavy atom. The number of aldehydes is 1. The van der Waals surface area contributed by atoms with Crippen molar-refractivity contribution < 1.29 is 24.3 Å². The number of nitrogens with zero attached hydrogens (tertiary/aromatic N) is 4. The van der Waals surface area contributed by atoms with Gasteiger partial charge in [-0.3, -0.25) is 14.5 Å². The quantitative estimate of drug-likeness (QED) is 0.128. The summed E-state index contributed by atoms with van der Waals surface area (Å²) in [5.41, 5.74) is 0.560. The zero-order chi connectivity index (χ0) is 24.4. The summed E-state index contributed by atoms with van der Waals surface area (Å²) < 4.78 is 0.534. The molecule has 2 aliphatic heterocycles. The summed E-state index contributed by atoms with van der Waals surface area (Å²) in [6.45, 7) is 0. The van der Waals surface area contributed by atoms with Crippen molar-refractivity contribution in [3.8, 4) is 6.07 Å². The number of hydrogen-bond donors (Lipinski definition) is 3. The predicted octanol–water partition coefficient (Wildman–Crippen LogP) is 1.25. The number of hydrogen-bond acceptors (Lipinski definition) is 11. The van der Waals surface area contributed by atoms with E-state index < -0.39 is 12.0 Å². The van der Waals surface area contributed by atoms with E-state index in [2.05, 4.69) is 26.9 Å². The molecule has 4 atom stereocenters. The van der Waals surface area contributed by atoms with E-state index >= 15 is 0 Å². The Morgan fingerprint density at radius 2 is 2.21 bits per heavy atom. The third-order valence-electron chi connectivity index (χ3n) is 5.35. The number of β-lactam (4-membered cyclic amide) rings is 1. The normalized spacial score (nSPS) is 25.0. The number of carbonyl (C=O) groups excluding carboxylic acids is 3. The Labute approximate surface area is 211 Å². The fourth-order valence-electron chi connectivity index (χ4n) is 3.52. The van der Waals surface area contributed by atoms with E-state index in [1.165, 1.54) is 28.4 Å². The van der Waals surface area contributed by atoms with Gasteiger partial charge in [0.1, 0.15) is 23.4 Å². The van der Waals surface area contributed by atoms with E-state index in [1.807, 2.05) is 0 Å². The molecule has 178 valence electrons. The van der Waals surface area contributed by atoms with Crippen LogP contribution in [0.5, 0.6) is 0 Å². The molecule has 0 aromatic carbocycles. The minimum absolute atomic E-state index is 0.0292. The van der Waals surface area contributed by atoms with E-state index in [9.17, 15) is 24.3 Å². The van der Waals surface area contributed by atoms with Crippen molar-refractivity contribution in [3.63, 3.8) is 0 Å². The molecule has 1 aliphatic carbocycles. The van der Waals surface area contributed by atoms with Crippen LogP contribution >= 0.6 is 47.1 Å². The number of nitriles is 1. The first kappa shape index (κ1) is 24.6. The van der Waals surface area contributed by atoms with Crippen LogP contribution in [0.15, 0.2) is 15.6 Å². The summed E-state index contributed by atoms with van der Waals surface area (Å²) >= 11 is 9.19. The first-order chi connectivity index (χ1) is 16.3. The third-order valence-corrected chi connectivity index (χ3v) is 9.17. The van der Waals surface area contributed by atoms with Gasteiger partial charge in [0.2, 0.25) is 11.0 Å². The third kappa shape index (κ3) is 5.09. The Bertz CT molecular complexity index is 1130. The topological polar surface area (TPSA) is 165 Å². The minimum atomic E-state index is -1.18. The second-order valence-corrected chi connectivity index (χ2v) is 11.4. The molecule has 3 N–H and O–H groups in total. The van der Waals surface area contributed by atoms with Crippen LogP contribution in [-0.2, 0) is 19.2 Å². The SMILES string of the molecule is N#C[C@@H]1C[C@@H]1C(=S)NC1C(=O)N2C(C(=O)O)=C(CSc3nnc(NC(=O)CCC=O)s3)CS[C@@H]12. The molecule has 1 unspecified atom stereocenters. The van der Waals surface area contributed by atoms with E-state index in [0.717, 1.165) is 11.3 Å². The Balaban J connectivity index is 1.37. The zero-order valence-electron chi connectivity index (χ0n) is 17.4. The maximum atomic E-state index is 12.8. The standard InChI is InChI=1S/C19H18N6O5S4/c20-5-8-4-10(8)14(31)22-12-15(28)25-13(17(29)30)9(6-32-16(12)25)7-33-19-24-23-18(34-19)21-11(27)2-1-3-26/h3,8,10,12,16H,1-2,4,6-7H2,(H,22,31)(H,29,30)(H,21,23,27)/t8-,10-,12?,16-/m0/s1. The molecule has 11 nitrogen and oxygen atoms in total. The Hall–Kier alpha value is -2.54. The number of carboxylic acid groups (broad SMARTS) is 1. The first-order valence-corrected chi connectivity index (χ1v) is 13.4. The number of thioether (sulfide) groups is 2. The van der Waals surface area contributed by atoms with E-state index in [4.69, 9.17) is 17.5 Å². The summed E-state index contributed by atoms with van der Waals surface area (Å²) in [7, 11) is 0. The van der Waals surface area contributed by atoms with Crippen molar-refractivity contribution in [2.45, 2.75) is 35.0 Å². The van der Waals surface area contributed by atoms with Crippen LogP contribution in [0, 0.1) is 23.2 Å². The van der Waals surface area contributed by atoms with Crippen molar-refractivity contribution in [2.75, 3.05) is 16.8 Å². The second kappa shape index (κ2) is 10.4. The Kier molecular flexibility index (Phi) is 7.51. The Morgan fingerprint density at radius 3 is 2.88 bits per heavy atom. The van der Waals surface area contributed by atoms with Crippen molar-refractivity contribution in [1.29, 1.82) is 5.26 Å². The van der Waals surface area contributed by atoms with Crippen LogP contribution in [0.2, 0.25) is 0 Å². The molecule has 34 heavy (non-hydrogen) atoms. The summed E-state index contributed by atoms with van der Waals surface area (Å²) in [6.07, 6.45) is 1.52. The fraction of sp³-hybridized carbons (Fsp3) is 0.474. The average Bonchev–Trinajstić information content (AvgIpc) is 3.49. The van der Waals surface area contributed by atoms with E-state index in [1.54, 1.807) is 0 Å². The van der Waals surface area contributed by atoms with Crippen molar-refractivity contribution in [1.82, 2.24) is 20.4 Å². The summed E-state index contributed by atoms with van der Waals surface area (Å²) in [5, 5.41) is 32.2. The number of carbonyl (C=O) groups is 4. The lowest BCUT2D eigenvalue weighted by atomic mass is 10.0. The average molecular weight is 539 g/mol. The molecule has 2 amide bonds. The van der Waals surface area contributed by atoms with E-state index in [0.29, 0.717) is 44.2 Å². The fourth-order valence-corrected chi connectivity index (χ4v) is 7.16. The van der Waals surface area contributed by atoms with Gasteiger partial charge >= 0.3 is 5.97 Å². The molecule has 0 spiro atoms. The van der Waals surface area contributed by atoms with Gasteiger partial charge in [-0.05, 0) is 12.0 Å². The number of aromatic nitrogens is 2. The van der Waals surface area contributed by atoms with Crippen molar-refractivity contribution in [2.24, 2.45) is 11.8 Å². The van der Waals surface area contributed by atoms with Crippen LogP contribution < -0.4 is 10.6 Å². The maximum Gasteiger partial charge on any atom is 0.352 e. The largest absolute Gasteiger partial charge is 0.477 e. The zero-order valence-corrected chi connectivity index (χ0v) is 20.7. The molecular weight excluding hydrogens is 521 g/mol. The predicted molar refractivity (Wildman–Crippen MR) is 129 cm³/mol. The molecular formula is C19H18N6O5S4. The van der Waals surface area contributed by atoms with Crippen molar-refractivity contribution >= 4 is 81.3 Å². The monoisotopic (exact) mass is 538 g/mol. The summed E-state index contributed by atoms with van der Waals surface area (Å²) in [6, 6.07) is 1.56. The maximum absolute atomic E-state index is 12.8. The number of thiocarbonyl (C=S) groups is 1. The number of carboxylic acids is 1. The molecule has 15 heteroatoms. The number of fused-ring (bicyclic) bond motifs is 1. The van der Waals surface area contributed by atoms with Crippen LogP contribution in [-0.4, -0.2) is 72.2 Å². The molecule has 1 saturated heterocycles. The smallest absolute Gasteiger partial charge is 0.352 e. The van der Waals surface area contributed by atoms with Gasteiger partial charge in [-0.1, -0.05) is 35.3 Å². The van der Waals surface area contributed by atoms with Crippen LogP contribution in [0.3, 0.4) is 0 Å². The molecule has 1 aromatic rings. The number of nitrogens with one attached hydrogen (secondary N) is 2. The summed E-state index contributed by atoms with van der Waals surface area (Å²) in [5.74, 6) is -1.31. The van der Waals surface area contributed by atoms with Gasteiger partial charge in [-0.15, -0.1) is 22.0 Å². The van der Waals surface area contributed by atoms with E-state index in [-0.39, 0.29) is 47.6 Å². The second-order valence-electron chi connectivity index (χ2n) is 7.65. The number of aliphatic carboxylic acids is 1. The number of rotatable bonds is 10. The highest BCUT2D eigenvalue weighted by Gasteiger charge is 2.55. The molecule has 4 rings (SSSR count). The lowest BCUT2D eigenvalue weighted by Crippen LogP contribution is -2.70. The minimum Gasteiger partial charge on any atom is -0.477 e. The summed E-state index contributed by atoms with van der Waals surface area (Å²) in [4.78, 5) is 48.6. The number of anilines is 1. The van der Waals surface area contributed by atoms with Gasteiger partial charge in [0.15, 0.2) is 4.34 Å². The lowest BCUT2D eigenvalue weighted by Gasteiger charge is -2.49. The van der Waals surface area contributed by atoms with Gasteiger partial charge in [0.05, 0.1) is 17.0 Å². The molecule has 1 saturated carbocycles. The molecule has 1 aromatic heterocycles. The van der Waals surface area contributed by atoms with Crippen LogP contribution in [0.4, 0.5) is 5.13 Å². The molecule has 0 radical (unpaired) electrons. The van der Waals surface area contributed by atoms with Gasteiger partial charge in [-0.25, -0.2) is 4.79 Å². The van der Waals surface area contributed by atoms with Gasteiger partial charge < -0.3 is 20.5 Å². The molecule has 0 bridgehead atoms. The van der Waals surface area contributed by atoms with Gasteiger partial charge in [0.25, 0.3) is 5.91 Å². The first-order valence-electron chi connectivity index (χ1n) is 10.1. The molecule has 3 aliphatic rings. The van der Waals surface area contributed by atoms with Gasteiger partial charge in [-0.2, -0.15) is 5.26 Å². The van der Waals surface area contributed by atoms with Gasteiger partial charge in [0, 0.05) is 30.3 Å². The number of amides is 2. The van der Waals surface area contributed by atoms with Crippen LogP contribution in [0.25, 0.3) is 0 Å². The molecule has 2 fully saturated rings. The van der Waals surface area contributed by atoms with Crippen molar-refractivity contribution in [3.05, 3.63) is 11.3 Å². The highest BCUT2D eigenvalue weighted by atomic mass is 32.2. The van der Waals surface area contributed by atoms with Crippen LogP contribution in [0.1, 0.15) is 19.3 Å².